The van der Waals surface area contributed by atoms with E-state index in [0.717, 1.165) is 22.1 Å². The Bertz CT molecular complexity index is 891. The molecule has 0 aliphatic carbocycles. The van der Waals surface area contributed by atoms with Crippen LogP contribution in [0.15, 0.2) is 67.2 Å². The molecule has 0 saturated heterocycles. The van der Waals surface area contributed by atoms with Crippen molar-refractivity contribution in [2.45, 2.75) is 6.92 Å². The van der Waals surface area contributed by atoms with E-state index in [9.17, 15) is 9.90 Å². The number of fused-ring (bicyclic) bond motifs is 1. The summed E-state index contributed by atoms with van der Waals surface area (Å²) in [5.74, 6) is -0.935. The van der Waals surface area contributed by atoms with E-state index in [1.807, 2.05) is 37.3 Å². The zero-order valence-corrected chi connectivity index (χ0v) is 12.3. The summed E-state index contributed by atoms with van der Waals surface area (Å²) in [7, 11) is 0. The lowest BCUT2D eigenvalue weighted by molar-refractivity contribution is 0.0696. The lowest BCUT2D eigenvalue weighted by atomic mass is 9.90. The summed E-state index contributed by atoms with van der Waals surface area (Å²) in [5.41, 5.74) is 3.77. The van der Waals surface area contributed by atoms with E-state index in [1.165, 1.54) is 5.39 Å². The fraction of sp³-hybridized carbons (Fsp3) is 0.0500. The topological polar surface area (TPSA) is 37.3 Å². The van der Waals surface area contributed by atoms with Crippen molar-refractivity contribution in [3.63, 3.8) is 0 Å². The number of hydrogen-bond donors (Lipinski definition) is 1. The van der Waals surface area contributed by atoms with Gasteiger partial charge in [0.05, 0.1) is 5.56 Å². The number of carbonyl (C=O) groups is 1. The van der Waals surface area contributed by atoms with Crippen LogP contribution in [-0.4, -0.2) is 11.1 Å². The summed E-state index contributed by atoms with van der Waals surface area (Å²) in [6.45, 7) is 6.19. The van der Waals surface area contributed by atoms with Crippen LogP contribution >= 0.6 is 0 Å². The average molecular weight is 288 g/mol. The molecule has 1 N–H and O–H groups in total. The Kier molecular flexibility index (Phi) is 3.51. The van der Waals surface area contributed by atoms with Gasteiger partial charge in [-0.15, -0.1) is 0 Å². The standard InChI is InChI=1S/C20H16O2/c1-13-16(12-11-15-7-3-4-8-17(13)15)14(2)18-9-5-6-10-19(18)20(21)22/h3-12H,2H2,1H3,(H,21,22). The molecule has 0 atom stereocenters. The Labute approximate surface area is 129 Å². The van der Waals surface area contributed by atoms with Gasteiger partial charge in [-0.25, -0.2) is 4.79 Å². The Morgan fingerprint density at radius 2 is 1.50 bits per heavy atom. The molecule has 3 aromatic rings. The van der Waals surface area contributed by atoms with Crippen molar-refractivity contribution in [3.8, 4) is 0 Å². The third-order valence-electron chi connectivity index (χ3n) is 4.01. The van der Waals surface area contributed by atoms with E-state index in [4.69, 9.17) is 0 Å². The molecule has 2 heteroatoms. The molecule has 0 fully saturated rings. The highest BCUT2D eigenvalue weighted by Gasteiger charge is 2.14. The molecule has 108 valence electrons. The van der Waals surface area contributed by atoms with Gasteiger partial charge in [-0.05, 0) is 46.0 Å². The molecule has 0 radical (unpaired) electrons. The lowest BCUT2D eigenvalue weighted by Crippen LogP contribution is -2.02. The van der Waals surface area contributed by atoms with Crippen molar-refractivity contribution < 1.29 is 9.90 Å². The molecule has 0 unspecified atom stereocenters. The Hall–Kier alpha value is -2.87. The van der Waals surface area contributed by atoms with Crippen molar-refractivity contribution in [1.29, 1.82) is 0 Å². The molecule has 0 saturated carbocycles. The van der Waals surface area contributed by atoms with Crippen LogP contribution in [0, 0.1) is 6.92 Å². The Morgan fingerprint density at radius 1 is 0.864 bits per heavy atom. The lowest BCUT2D eigenvalue weighted by Gasteiger charge is -2.14. The van der Waals surface area contributed by atoms with Crippen LogP contribution in [0.25, 0.3) is 16.3 Å². The third kappa shape index (κ3) is 2.29. The van der Waals surface area contributed by atoms with Gasteiger partial charge < -0.3 is 5.11 Å². The van der Waals surface area contributed by atoms with Crippen LogP contribution < -0.4 is 0 Å². The summed E-state index contributed by atoms with van der Waals surface area (Å²) < 4.78 is 0. The number of hydrogen-bond acceptors (Lipinski definition) is 1. The maximum absolute atomic E-state index is 11.4. The molecule has 3 aromatic carbocycles. The Balaban J connectivity index is 2.18. The van der Waals surface area contributed by atoms with Gasteiger partial charge in [0.25, 0.3) is 0 Å². The number of carboxylic acids is 1. The summed E-state index contributed by atoms with van der Waals surface area (Å²) in [6.07, 6.45) is 0. The van der Waals surface area contributed by atoms with Gasteiger partial charge in [-0.2, -0.15) is 0 Å². The van der Waals surface area contributed by atoms with Crippen molar-refractivity contribution >= 4 is 22.3 Å². The van der Waals surface area contributed by atoms with Gasteiger partial charge in [0, 0.05) is 0 Å². The molecule has 0 spiro atoms. The first kappa shape index (κ1) is 14.1. The summed E-state index contributed by atoms with van der Waals surface area (Å²) >= 11 is 0. The maximum atomic E-state index is 11.4. The van der Waals surface area contributed by atoms with Gasteiger partial charge in [0.15, 0.2) is 0 Å². The van der Waals surface area contributed by atoms with Crippen LogP contribution in [-0.2, 0) is 0 Å². The predicted molar refractivity (Wildman–Crippen MR) is 90.2 cm³/mol. The van der Waals surface area contributed by atoms with Crippen LogP contribution in [0.3, 0.4) is 0 Å². The number of carboxylic acid groups (broad SMARTS) is 1. The smallest absolute Gasteiger partial charge is 0.336 e. The average Bonchev–Trinajstić information content (AvgIpc) is 2.55. The number of rotatable bonds is 3. The molecular weight excluding hydrogens is 272 g/mol. The largest absolute Gasteiger partial charge is 0.478 e. The maximum Gasteiger partial charge on any atom is 0.336 e. The quantitative estimate of drug-likeness (QED) is 0.743. The number of benzene rings is 3. The van der Waals surface area contributed by atoms with E-state index in [-0.39, 0.29) is 5.56 Å². The van der Waals surface area contributed by atoms with Crippen LogP contribution in [0.2, 0.25) is 0 Å². The molecule has 0 heterocycles. The molecule has 0 aliphatic rings. The SMILES string of the molecule is C=C(c1ccccc1C(=O)O)c1ccc2ccccc2c1C. The number of aryl methyl sites for hydroxylation is 1. The fourth-order valence-electron chi connectivity index (χ4n) is 2.83. The van der Waals surface area contributed by atoms with Crippen LogP contribution in [0.5, 0.6) is 0 Å². The van der Waals surface area contributed by atoms with Crippen molar-refractivity contribution in [2.24, 2.45) is 0 Å². The van der Waals surface area contributed by atoms with E-state index < -0.39 is 5.97 Å². The van der Waals surface area contributed by atoms with Crippen molar-refractivity contribution in [2.75, 3.05) is 0 Å². The first-order chi connectivity index (χ1) is 10.6. The van der Waals surface area contributed by atoms with Gasteiger partial charge in [-0.3, -0.25) is 0 Å². The molecule has 0 aromatic heterocycles. The summed E-state index contributed by atoms with van der Waals surface area (Å²) in [4.78, 5) is 11.4. The first-order valence-electron chi connectivity index (χ1n) is 7.10. The number of aromatic carboxylic acids is 1. The molecular formula is C20H16O2. The normalized spacial score (nSPS) is 10.6. The highest BCUT2D eigenvalue weighted by atomic mass is 16.4. The summed E-state index contributed by atoms with van der Waals surface area (Å²) in [6, 6.07) is 19.2. The first-order valence-corrected chi connectivity index (χ1v) is 7.10. The molecule has 0 amide bonds. The van der Waals surface area contributed by atoms with E-state index in [1.54, 1.807) is 18.2 Å². The molecule has 0 bridgehead atoms. The molecule has 22 heavy (non-hydrogen) atoms. The van der Waals surface area contributed by atoms with Crippen LogP contribution in [0.1, 0.15) is 27.0 Å². The molecule has 3 rings (SSSR count). The van der Waals surface area contributed by atoms with Crippen molar-refractivity contribution in [1.82, 2.24) is 0 Å². The monoisotopic (exact) mass is 288 g/mol. The highest BCUT2D eigenvalue weighted by molar-refractivity contribution is 5.99. The van der Waals surface area contributed by atoms with E-state index in [2.05, 4.69) is 18.7 Å². The Morgan fingerprint density at radius 3 is 2.23 bits per heavy atom. The van der Waals surface area contributed by atoms with Gasteiger partial charge in [0.2, 0.25) is 0 Å². The second kappa shape index (κ2) is 5.49. The minimum atomic E-state index is -0.935. The predicted octanol–water partition coefficient (Wildman–Crippen LogP) is 4.91. The minimum Gasteiger partial charge on any atom is -0.478 e. The van der Waals surface area contributed by atoms with Gasteiger partial charge >= 0.3 is 5.97 Å². The van der Waals surface area contributed by atoms with E-state index in [0.29, 0.717) is 5.56 Å². The van der Waals surface area contributed by atoms with Crippen molar-refractivity contribution in [3.05, 3.63) is 89.5 Å². The minimum absolute atomic E-state index is 0.278. The molecule has 0 aliphatic heterocycles. The van der Waals surface area contributed by atoms with Gasteiger partial charge in [0.1, 0.15) is 0 Å². The zero-order chi connectivity index (χ0) is 15.7. The second-order valence-corrected chi connectivity index (χ2v) is 5.29. The van der Waals surface area contributed by atoms with E-state index >= 15 is 0 Å². The molecule has 2 nitrogen and oxygen atoms in total. The zero-order valence-electron chi connectivity index (χ0n) is 12.3. The van der Waals surface area contributed by atoms with Gasteiger partial charge in [-0.1, -0.05) is 61.2 Å². The third-order valence-corrected chi connectivity index (χ3v) is 4.01. The summed E-state index contributed by atoms with van der Waals surface area (Å²) in [5, 5.41) is 11.7. The fourth-order valence-corrected chi connectivity index (χ4v) is 2.83. The second-order valence-electron chi connectivity index (χ2n) is 5.29. The van der Waals surface area contributed by atoms with Crippen LogP contribution in [0.4, 0.5) is 0 Å². The highest BCUT2D eigenvalue weighted by Crippen LogP contribution is 2.31.